The standard InChI is InChI=1S/C19H19NO3S/c1-4-14(21)16-17(15-6-5-7-24-15)20(19(23)18(16)22)13-9-11(2)8-12(3)10-13/h5-10,17,22H,4H2,1-3H3. The molecular formula is C19H19NO3S. The highest BCUT2D eigenvalue weighted by Gasteiger charge is 2.44. The van der Waals surface area contributed by atoms with Gasteiger partial charge in [-0.05, 0) is 48.6 Å². The van der Waals surface area contributed by atoms with Crippen LogP contribution in [-0.4, -0.2) is 16.8 Å². The predicted molar refractivity (Wildman–Crippen MR) is 95.4 cm³/mol. The van der Waals surface area contributed by atoms with Crippen molar-refractivity contribution in [3.05, 3.63) is 63.0 Å². The van der Waals surface area contributed by atoms with E-state index in [9.17, 15) is 14.7 Å². The zero-order chi connectivity index (χ0) is 17.4. The van der Waals surface area contributed by atoms with E-state index >= 15 is 0 Å². The SMILES string of the molecule is CCC(=O)C1=C(O)C(=O)N(c2cc(C)cc(C)c2)C1c1cccs1. The third-order valence-corrected chi connectivity index (χ3v) is 5.05. The molecule has 0 aliphatic carbocycles. The van der Waals surface area contributed by atoms with Gasteiger partial charge < -0.3 is 5.11 Å². The van der Waals surface area contributed by atoms with E-state index in [0.717, 1.165) is 16.0 Å². The Labute approximate surface area is 145 Å². The Morgan fingerprint density at radius 2 is 1.92 bits per heavy atom. The summed E-state index contributed by atoms with van der Waals surface area (Å²) >= 11 is 1.47. The second kappa shape index (κ2) is 6.24. The maximum absolute atomic E-state index is 12.7. The molecule has 1 aromatic carbocycles. The lowest BCUT2D eigenvalue weighted by Gasteiger charge is -2.26. The highest BCUT2D eigenvalue weighted by Crippen LogP contribution is 2.43. The van der Waals surface area contributed by atoms with Gasteiger partial charge in [0.15, 0.2) is 11.5 Å². The number of thiophene rings is 1. The first kappa shape index (κ1) is 16.5. The molecule has 0 saturated carbocycles. The van der Waals surface area contributed by atoms with Crippen LogP contribution in [0.15, 0.2) is 47.0 Å². The minimum absolute atomic E-state index is 0.198. The molecule has 2 heterocycles. The van der Waals surface area contributed by atoms with E-state index in [1.165, 1.54) is 16.2 Å². The lowest BCUT2D eigenvalue weighted by molar-refractivity contribution is -0.118. The number of hydrogen-bond acceptors (Lipinski definition) is 4. The third kappa shape index (κ3) is 2.65. The summed E-state index contributed by atoms with van der Waals surface area (Å²) in [5.74, 6) is -1.15. The summed E-state index contributed by atoms with van der Waals surface area (Å²) in [6.45, 7) is 5.66. The van der Waals surface area contributed by atoms with Gasteiger partial charge in [0, 0.05) is 17.0 Å². The minimum Gasteiger partial charge on any atom is -0.503 e. The second-order valence-electron chi connectivity index (χ2n) is 5.98. The molecule has 1 aliphatic heterocycles. The largest absolute Gasteiger partial charge is 0.503 e. The Kier molecular flexibility index (Phi) is 4.28. The average molecular weight is 341 g/mol. The normalized spacial score (nSPS) is 17.7. The second-order valence-corrected chi connectivity index (χ2v) is 6.96. The van der Waals surface area contributed by atoms with Gasteiger partial charge in [0.2, 0.25) is 0 Å². The van der Waals surface area contributed by atoms with E-state index < -0.39 is 17.7 Å². The van der Waals surface area contributed by atoms with Crippen LogP contribution in [0.1, 0.15) is 35.4 Å². The summed E-state index contributed by atoms with van der Waals surface area (Å²) in [7, 11) is 0. The zero-order valence-electron chi connectivity index (χ0n) is 13.9. The molecule has 0 spiro atoms. The molecule has 1 N–H and O–H groups in total. The summed E-state index contributed by atoms with van der Waals surface area (Å²) in [5.41, 5.74) is 2.94. The first-order chi connectivity index (χ1) is 11.4. The van der Waals surface area contributed by atoms with E-state index in [-0.39, 0.29) is 17.8 Å². The van der Waals surface area contributed by atoms with Crippen LogP contribution in [0.3, 0.4) is 0 Å². The van der Waals surface area contributed by atoms with Crippen molar-refractivity contribution in [3.8, 4) is 0 Å². The maximum atomic E-state index is 12.7. The molecule has 1 aromatic heterocycles. The topological polar surface area (TPSA) is 57.6 Å². The lowest BCUT2D eigenvalue weighted by Crippen LogP contribution is -2.30. The lowest BCUT2D eigenvalue weighted by atomic mass is 10.00. The highest BCUT2D eigenvalue weighted by molar-refractivity contribution is 7.10. The number of benzene rings is 1. The number of ketones is 1. The van der Waals surface area contributed by atoms with Gasteiger partial charge in [-0.3, -0.25) is 14.5 Å². The van der Waals surface area contributed by atoms with Gasteiger partial charge in [0.05, 0.1) is 5.57 Å². The zero-order valence-corrected chi connectivity index (χ0v) is 14.7. The number of rotatable bonds is 4. The molecule has 0 radical (unpaired) electrons. The van der Waals surface area contributed by atoms with Crippen LogP contribution in [0.2, 0.25) is 0 Å². The monoisotopic (exact) mass is 341 g/mol. The molecule has 24 heavy (non-hydrogen) atoms. The number of anilines is 1. The molecule has 1 atom stereocenters. The van der Waals surface area contributed by atoms with Crippen LogP contribution in [0, 0.1) is 13.8 Å². The summed E-state index contributed by atoms with van der Waals surface area (Å²) in [6, 6.07) is 9.03. The van der Waals surface area contributed by atoms with Crippen molar-refractivity contribution in [2.75, 3.05) is 4.90 Å². The van der Waals surface area contributed by atoms with Crippen LogP contribution in [0.4, 0.5) is 5.69 Å². The first-order valence-corrected chi connectivity index (χ1v) is 8.73. The predicted octanol–water partition coefficient (Wildman–Crippen LogP) is 4.24. The van der Waals surface area contributed by atoms with Gasteiger partial charge in [-0.2, -0.15) is 0 Å². The van der Waals surface area contributed by atoms with Crippen molar-refractivity contribution in [1.29, 1.82) is 0 Å². The maximum Gasteiger partial charge on any atom is 0.294 e. The number of carbonyl (C=O) groups excluding carboxylic acids is 2. The molecule has 3 rings (SSSR count). The fourth-order valence-electron chi connectivity index (χ4n) is 3.15. The quantitative estimate of drug-likeness (QED) is 0.905. The van der Waals surface area contributed by atoms with E-state index in [1.807, 2.05) is 49.6 Å². The molecule has 2 aromatic rings. The molecular weight excluding hydrogens is 322 g/mol. The third-order valence-electron chi connectivity index (χ3n) is 4.13. The van der Waals surface area contributed by atoms with Crippen molar-refractivity contribution in [2.45, 2.75) is 33.2 Å². The molecule has 1 amide bonds. The van der Waals surface area contributed by atoms with Crippen LogP contribution >= 0.6 is 11.3 Å². The molecule has 124 valence electrons. The average Bonchev–Trinajstić information content (AvgIpc) is 3.13. The summed E-state index contributed by atoms with van der Waals surface area (Å²) in [4.78, 5) is 27.5. The number of aliphatic hydroxyl groups excluding tert-OH is 1. The molecule has 0 bridgehead atoms. The van der Waals surface area contributed by atoms with E-state index in [2.05, 4.69) is 0 Å². The van der Waals surface area contributed by atoms with Gasteiger partial charge in [-0.25, -0.2) is 0 Å². The fourth-order valence-corrected chi connectivity index (χ4v) is 3.98. The highest BCUT2D eigenvalue weighted by atomic mass is 32.1. The molecule has 4 nitrogen and oxygen atoms in total. The van der Waals surface area contributed by atoms with Gasteiger partial charge in [-0.15, -0.1) is 11.3 Å². The fraction of sp³-hybridized carbons (Fsp3) is 0.263. The van der Waals surface area contributed by atoms with Crippen LogP contribution in [-0.2, 0) is 9.59 Å². The van der Waals surface area contributed by atoms with Crippen LogP contribution in [0.25, 0.3) is 0 Å². The smallest absolute Gasteiger partial charge is 0.294 e. The van der Waals surface area contributed by atoms with Crippen molar-refractivity contribution < 1.29 is 14.7 Å². The summed E-state index contributed by atoms with van der Waals surface area (Å²) in [6.07, 6.45) is 0.245. The number of amides is 1. The minimum atomic E-state index is -0.564. The Morgan fingerprint density at radius 3 is 2.46 bits per heavy atom. The van der Waals surface area contributed by atoms with Crippen LogP contribution < -0.4 is 4.90 Å². The van der Waals surface area contributed by atoms with Crippen molar-refractivity contribution in [2.24, 2.45) is 0 Å². The number of hydrogen-bond donors (Lipinski definition) is 1. The number of aryl methyl sites for hydroxylation is 2. The Balaban J connectivity index is 2.18. The summed E-state index contributed by atoms with van der Waals surface area (Å²) in [5, 5.41) is 12.3. The number of carbonyl (C=O) groups is 2. The van der Waals surface area contributed by atoms with Gasteiger partial charge in [-0.1, -0.05) is 19.1 Å². The van der Waals surface area contributed by atoms with Crippen molar-refractivity contribution >= 4 is 28.7 Å². The van der Waals surface area contributed by atoms with Crippen molar-refractivity contribution in [3.63, 3.8) is 0 Å². The van der Waals surface area contributed by atoms with Gasteiger partial charge in [0.25, 0.3) is 5.91 Å². The van der Waals surface area contributed by atoms with E-state index in [0.29, 0.717) is 5.69 Å². The first-order valence-electron chi connectivity index (χ1n) is 7.85. The van der Waals surface area contributed by atoms with E-state index in [4.69, 9.17) is 0 Å². The van der Waals surface area contributed by atoms with Gasteiger partial charge in [0.1, 0.15) is 6.04 Å². The Hall–Kier alpha value is -2.40. The molecule has 1 unspecified atom stereocenters. The summed E-state index contributed by atoms with van der Waals surface area (Å²) < 4.78 is 0. The van der Waals surface area contributed by atoms with Gasteiger partial charge >= 0.3 is 0 Å². The number of Topliss-reactive ketones (excluding diaryl/α,β-unsaturated/α-hetero) is 1. The van der Waals surface area contributed by atoms with Crippen molar-refractivity contribution in [1.82, 2.24) is 0 Å². The van der Waals surface area contributed by atoms with Crippen LogP contribution in [0.5, 0.6) is 0 Å². The Bertz CT molecular complexity index is 816. The number of nitrogens with zero attached hydrogens (tertiary/aromatic N) is 1. The molecule has 0 saturated heterocycles. The molecule has 5 heteroatoms. The van der Waals surface area contributed by atoms with E-state index in [1.54, 1.807) is 6.92 Å². The number of aliphatic hydroxyl groups is 1. The molecule has 0 fully saturated rings. The molecule has 1 aliphatic rings. The Morgan fingerprint density at radius 1 is 1.25 bits per heavy atom.